The Morgan fingerprint density at radius 2 is 1.21 bits per heavy atom. The van der Waals surface area contributed by atoms with Gasteiger partial charge in [0.05, 0.1) is 19.8 Å². The van der Waals surface area contributed by atoms with Crippen LogP contribution in [0.15, 0.2) is 34.9 Å². The summed E-state index contributed by atoms with van der Waals surface area (Å²) in [6.07, 6.45) is 10.8. The number of allylic oxidation sites excluding steroid dienone is 3. The van der Waals surface area contributed by atoms with E-state index in [1.807, 2.05) is 13.8 Å². The first-order chi connectivity index (χ1) is 15.5. The van der Waals surface area contributed by atoms with E-state index in [2.05, 4.69) is 78.5 Å². The van der Waals surface area contributed by atoms with E-state index in [1.165, 1.54) is 30.4 Å². The van der Waals surface area contributed by atoms with Crippen LogP contribution in [0, 0.1) is 11.8 Å². The van der Waals surface area contributed by atoms with E-state index in [0.717, 1.165) is 31.1 Å². The quantitative estimate of drug-likeness (QED) is 0.139. The second-order valence-electron chi connectivity index (χ2n) is 8.85. The zero-order valence-electron chi connectivity index (χ0n) is 22.9. The molecule has 0 aromatic heterocycles. The summed E-state index contributed by atoms with van der Waals surface area (Å²) in [5.41, 5.74) is 3.94. The fraction of sp³-hybridized carbons (Fsp3) is 0.760. The van der Waals surface area contributed by atoms with E-state index in [1.54, 1.807) is 6.08 Å². The molecule has 4 nitrogen and oxygen atoms in total. The van der Waals surface area contributed by atoms with Gasteiger partial charge in [0.25, 0.3) is 0 Å². The predicted octanol–water partition coefficient (Wildman–Crippen LogP) is 8.48. The molecule has 0 saturated heterocycles. The molecule has 0 aromatic rings. The topological polar surface area (TPSA) is 58.9 Å². The molecule has 0 heterocycles. The first kappa shape index (κ1) is 40.9. The Morgan fingerprint density at radius 3 is 1.48 bits per heavy atom. The van der Waals surface area contributed by atoms with Crippen LogP contribution in [0.1, 0.15) is 88.0 Å². The molecule has 4 atom stereocenters. The van der Waals surface area contributed by atoms with E-state index in [0.29, 0.717) is 29.5 Å². The predicted molar refractivity (Wildman–Crippen MR) is 163 cm³/mol. The molecular formula is C25H56O4P4. The Balaban J connectivity index is -0.000000181. The summed E-state index contributed by atoms with van der Waals surface area (Å²) < 4.78 is 10.3. The molecule has 0 bridgehead atoms. The third kappa shape index (κ3) is 59.8. The summed E-state index contributed by atoms with van der Waals surface area (Å²) in [6, 6.07) is 0. The van der Waals surface area contributed by atoms with Crippen molar-refractivity contribution in [3.8, 4) is 0 Å². The van der Waals surface area contributed by atoms with Crippen LogP contribution < -0.4 is 0 Å². The maximum atomic E-state index is 8.24. The summed E-state index contributed by atoms with van der Waals surface area (Å²) in [5, 5.41) is 16.4. The molecule has 0 radical (unpaired) electrons. The van der Waals surface area contributed by atoms with E-state index >= 15 is 0 Å². The molecule has 2 N–H and O–H groups in total. The van der Waals surface area contributed by atoms with Crippen molar-refractivity contribution in [1.29, 1.82) is 0 Å². The summed E-state index contributed by atoms with van der Waals surface area (Å²) in [5.74, 6) is 1.48. The molecule has 0 aromatic carbocycles. The van der Waals surface area contributed by atoms with E-state index in [9.17, 15) is 0 Å². The van der Waals surface area contributed by atoms with Gasteiger partial charge in [-0.2, -0.15) is 0 Å². The lowest BCUT2D eigenvalue weighted by Gasteiger charge is -2.04. The van der Waals surface area contributed by atoms with Crippen LogP contribution in [0.25, 0.3) is 0 Å². The van der Waals surface area contributed by atoms with Crippen LogP contribution in [-0.2, 0) is 9.05 Å². The Labute approximate surface area is 215 Å². The van der Waals surface area contributed by atoms with Crippen molar-refractivity contribution in [2.24, 2.45) is 11.8 Å². The third-order valence-corrected chi connectivity index (χ3v) is 5.48. The van der Waals surface area contributed by atoms with Gasteiger partial charge >= 0.3 is 0 Å². The maximum Gasteiger partial charge on any atom is 0.0693 e. The maximum absolute atomic E-state index is 8.24. The van der Waals surface area contributed by atoms with E-state index in [4.69, 9.17) is 19.3 Å². The fourth-order valence-corrected chi connectivity index (χ4v) is 2.76. The van der Waals surface area contributed by atoms with Crippen molar-refractivity contribution in [3.05, 3.63) is 34.9 Å². The molecule has 4 unspecified atom stereocenters. The summed E-state index contributed by atoms with van der Waals surface area (Å²) in [6.45, 7) is 21.0. The monoisotopic (exact) mass is 544 g/mol. The molecule has 0 saturated carbocycles. The van der Waals surface area contributed by atoms with E-state index in [-0.39, 0.29) is 6.61 Å². The van der Waals surface area contributed by atoms with Gasteiger partial charge < -0.3 is 19.3 Å². The minimum absolute atomic E-state index is 0.169. The minimum atomic E-state index is 0.169. The van der Waals surface area contributed by atoms with Gasteiger partial charge in [-0.25, -0.2) is 0 Å². The van der Waals surface area contributed by atoms with Crippen LogP contribution >= 0.6 is 34.8 Å². The van der Waals surface area contributed by atoms with Crippen LogP contribution in [-0.4, -0.2) is 36.6 Å². The lowest BCUT2D eigenvalue weighted by Crippen LogP contribution is -1.89. The summed E-state index contributed by atoms with van der Waals surface area (Å²) >= 11 is 0. The van der Waals surface area contributed by atoms with Crippen molar-refractivity contribution in [2.75, 3.05) is 26.4 Å². The molecule has 0 amide bonds. The number of hydrogen-bond donors (Lipinski definition) is 2. The van der Waals surface area contributed by atoms with Crippen LogP contribution in [0.5, 0.6) is 0 Å². The van der Waals surface area contributed by atoms with E-state index < -0.39 is 0 Å². The molecule has 0 aliphatic heterocycles. The van der Waals surface area contributed by atoms with Gasteiger partial charge in [-0.05, 0) is 65.7 Å². The Hall–Kier alpha value is 0.780. The van der Waals surface area contributed by atoms with Crippen molar-refractivity contribution < 1.29 is 19.3 Å². The minimum Gasteiger partial charge on any atom is -0.396 e. The van der Waals surface area contributed by atoms with Crippen molar-refractivity contribution in [3.63, 3.8) is 0 Å². The molecule has 33 heavy (non-hydrogen) atoms. The van der Waals surface area contributed by atoms with Gasteiger partial charge in [-0.1, -0.05) is 86.9 Å². The summed E-state index contributed by atoms with van der Waals surface area (Å²) in [4.78, 5) is 0. The average Bonchev–Trinajstić information content (AvgIpc) is 2.69. The van der Waals surface area contributed by atoms with Crippen molar-refractivity contribution in [1.82, 2.24) is 0 Å². The van der Waals surface area contributed by atoms with Gasteiger partial charge in [0.15, 0.2) is 0 Å². The average molecular weight is 545 g/mol. The summed E-state index contributed by atoms with van der Waals surface area (Å²) in [7, 11) is 6.18. The highest BCUT2D eigenvalue weighted by molar-refractivity contribution is 8.00. The van der Waals surface area contributed by atoms with Gasteiger partial charge in [0.2, 0.25) is 0 Å². The number of hydrogen-bond acceptors (Lipinski definition) is 4. The highest BCUT2D eigenvalue weighted by Crippen LogP contribution is 2.21. The highest BCUT2D eigenvalue weighted by Gasteiger charge is 1.95. The first-order valence-corrected chi connectivity index (χ1v) is 17.2. The Morgan fingerprint density at radius 1 is 0.758 bits per heavy atom. The fourth-order valence-electron chi connectivity index (χ4n) is 1.82. The van der Waals surface area contributed by atoms with Gasteiger partial charge in [-0.3, -0.25) is 0 Å². The lowest BCUT2D eigenvalue weighted by molar-refractivity contribution is 0.268. The van der Waals surface area contributed by atoms with Crippen LogP contribution in [0.4, 0.5) is 0 Å². The number of aliphatic hydroxyl groups excluding tert-OH is 2. The molecule has 0 spiro atoms. The Kier molecular flexibility index (Phi) is 43.3. The van der Waals surface area contributed by atoms with Crippen molar-refractivity contribution >= 4 is 34.8 Å². The number of aliphatic hydroxyl groups is 2. The molecule has 0 aliphatic rings. The lowest BCUT2D eigenvalue weighted by atomic mass is 10.0. The molecule has 0 fully saturated rings. The zero-order chi connectivity index (χ0) is 26.5. The van der Waals surface area contributed by atoms with Crippen LogP contribution in [0.3, 0.4) is 0 Å². The second kappa shape index (κ2) is 34.9. The first-order valence-electron chi connectivity index (χ1n) is 11.8. The standard InChI is InChI=1S/C10H22OP2.C5H12OP2.C5H12O.C5H10O/c1-9(2)5-4-6-10(3)7-8-11-13-12;1-5(2)3-4-6-8-7;2*1-5(2)3-4-6/h7,9,13H,4-6,8,12H2,1-3H3;3,8H,4,7H2,1-2H3;5-6H,3-4H2,1-2H3;3,6H,4H2,1-2H3/b10-7+;;;. The van der Waals surface area contributed by atoms with Gasteiger partial charge in [-0.15, -0.1) is 0 Å². The third-order valence-electron chi connectivity index (χ3n) is 3.82. The molecule has 8 heteroatoms. The Bertz CT molecular complexity index is 457. The molecular weight excluding hydrogens is 488 g/mol. The van der Waals surface area contributed by atoms with Gasteiger partial charge in [0, 0.05) is 23.6 Å². The van der Waals surface area contributed by atoms with Crippen molar-refractivity contribution in [2.45, 2.75) is 88.0 Å². The normalized spacial score (nSPS) is 11.1. The smallest absolute Gasteiger partial charge is 0.0693 e. The highest BCUT2D eigenvalue weighted by atomic mass is 32.0. The number of rotatable bonds is 13. The molecule has 200 valence electrons. The molecule has 0 aliphatic carbocycles. The van der Waals surface area contributed by atoms with Gasteiger partial charge in [0.1, 0.15) is 0 Å². The largest absolute Gasteiger partial charge is 0.396 e. The zero-order valence-corrected chi connectivity index (χ0v) is 27.2. The molecule has 0 rings (SSSR count). The SMILES string of the molecule is C/C(=C\COPP)CCCC(C)C.CC(C)=CCO.CC(C)=CCOPP.CC(C)CCO. The second-order valence-corrected chi connectivity index (χ2v) is 11.3. The van der Waals surface area contributed by atoms with Crippen LogP contribution in [0.2, 0.25) is 0 Å².